The molecular formula is C31H36FNO6. The number of hydrogen-bond acceptors (Lipinski definition) is 6. The van der Waals surface area contributed by atoms with Gasteiger partial charge >= 0.3 is 0 Å². The third-order valence-electron chi connectivity index (χ3n) is 6.85. The first-order valence-corrected chi connectivity index (χ1v) is 13.2. The van der Waals surface area contributed by atoms with Crippen molar-refractivity contribution < 1.29 is 32.9 Å². The van der Waals surface area contributed by atoms with E-state index in [1.54, 1.807) is 44.6 Å². The van der Waals surface area contributed by atoms with Gasteiger partial charge in [-0.2, -0.15) is 0 Å². The normalized spacial score (nSPS) is 14.5. The Kier molecular flexibility index (Phi) is 9.79. The van der Waals surface area contributed by atoms with Crippen molar-refractivity contribution in [2.24, 2.45) is 0 Å². The van der Waals surface area contributed by atoms with Gasteiger partial charge in [0.1, 0.15) is 29.7 Å². The number of nitrogens with zero attached hydrogens (tertiary/aromatic N) is 1. The summed E-state index contributed by atoms with van der Waals surface area (Å²) in [4.78, 5) is 14.3. The van der Waals surface area contributed by atoms with Crippen LogP contribution in [-0.4, -0.2) is 39.1 Å². The Hall–Kier alpha value is -3.62. The zero-order valence-corrected chi connectivity index (χ0v) is 22.8. The zero-order valence-electron chi connectivity index (χ0n) is 22.8. The Labute approximate surface area is 229 Å². The van der Waals surface area contributed by atoms with Gasteiger partial charge in [-0.3, -0.25) is 4.79 Å². The molecule has 4 rings (SSSR count). The molecule has 1 aliphatic carbocycles. The lowest BCUT2D eigenvalue weighted by Crippen LogP contribution is -2.38. The fourth-order valence-corrected chi connectivity index (χ4v) is 4.76. The standard InChI is InChI=1S/C31H36FNO6/c1-23(34)33(28-21-25(32)12-14-30(28)39-26-10-6-4-7-11-26)22-24-20-27(35-2)13-15-29(24)37-18-19-38-31(36-3)16-8-5-9-17-31/h4,6-7,10-15,20-21H,5,8-9,16-19,22H2,1-3H3. The van der Waals surface area contributed by atoms with E-state index in [0.29, 0.717) is 47.5 Å². The van der Waals surface area contributed by atoms with Gasteiger partial charge in [-0.15, -0.1) is 0 Å². The smallest absolute Gasteiger partial charge is 0.224 e. The van der Waals surface area contributed by atoms with E-state index in [9.17, 15) is 9.18 Å². The molecule has 7 nitrogen and oxygen atoms in total. The molecule has 0 unspecified atom stereocenters. The van der Waals surface area contributed by atoms with Crippen LogP contribution in [0.3, 0.4) is 0 Å². The summed E-state index contributed by atoms with van der Waals surface area (Å²) >= 11 is 0. The van der Waals surface area contributed by atoms with E-state index < -0.39 is 11.6 Å². The molecule has 0 radical (unpaired) electrons. The van der Waals surface area contributed by atoms with Crippen molar-refractivity contribution in [2.75, 3.05) is 32.3 Å². The summed E-state index contributed by atoms with van der Waals surface area (Å²) in [6, 6.07) is 18.7. The van der Waals surface area contributed by atoms with Crippen LogP contribution in [0, 0.1) is 5.82 Å². The van der Waals surface area contributed by atoms with Crippen LogP contribution in [-0.2, 0) is 20.8 Å². The summed E-state index contributed by atoms with van der Waals surface area (Å²) < 4.78 is 43.8. The van der Waals surface area contributed by atoms with E-state index in [0.717, 1.165) is 25.7 Å². The van der Waals surface area contributed by atoms with Crippen LogP contribution in [0.4, 0.5) is 10.1 Å². The topological polar surface area (TPSA) is 66.5 Å². The molecule has 0 heterocycles. The minimum absolute atomic E-state index is 0.110. The van der Waals surface area contributed by atoms with E-state index in [1.807, 2.05) is 18.2 Å². The highest BCUT2D eigenvalue weighted by molar-refractivity contribution is 5.93. The summed E-state index contributed by atoms with van der Waals surface area (Å²) in [5, 5.41) is 0. The van der Waals surface area contributed by atoms with Crippen molar-refractivity contribution in [3.8, 4) is 23.0 Å². The van der Waals surface area contributed by atoms with Gasteiger partial charge in [-0.1, -0.05) is 24.6 Å². The van der Waals surface area contributed by atoms with Gasteiger partial charge < -0.3 is 28.6 Å². The molecular weight excluding hydrogens is 501 g/mol. The summed E-state index contributed by atoms with van der Waals surface area (Å²) in [6.07, 6.45) is 5.08. The molecule has 1 amide bonds. The number of halogens is 1. The first kappa shape index (κ1) is 28.4. The van der Waals surface area contributed by atoms with Gasteiger partial charge in [-0.05, 0) is 55.3 Å². The average Bonchev–Trinajstić information content (AvgIpc) is 2.96. The predicted molar refractivity (Wildman–Crippen MR) is 147 cm³/mol. The monoisotopic (exact) mass is 537 g/mol. The molecule has 208 valence electrons. The quantitative estimate of drug-likeness (QED) is 0.185. The van der Waals surface area contributed by atoms with Crippen LogP contribution in [0.25, 0.3) is 0 Å². The second kappa shape index (κ2) is 13.4. The average molecular weight is 538 g/mol. The molecule has 8 heteroatoms. The highest BCUT2D eigenvalue weighted by atomic mass is 19.1. The molecule has 1 saturated carbocycles. The fraction of sp³-hybridized carbons (Fsp3) is 0.387. The molecule has 0 atom stereocenters. The maximum atomic E-state index is 14.4. The van der Waals surface area contributed by atoms with E-state index in [4.69, 9.17) is 23.7 Å². The third kappa shape index (κ3) is 7.49. The van der Waals surface area contributed by atoms with E-state index in [-0.39, 0.29) is 12.5 Å². The Morgan fingerprint density at radius 3 is 2.33 bits per heavy atom. The van der Waals surface area contributed by atoms with Crippen LogP contribution in [0.1, 0.15) is 44.6 Å². The summed E-state index contributed by atoms with van der Waals surface area (Å²) in [7, 11) is 3.26. The van der Waals surface area contributed by atoms with Crippen molar-refractivity contribution >= 4 is 11.6 Å². The van der Waals surface area contributed by atoms with Crippen LogP contribution in [0.2, 0.25) is 0 Å². The van der Waals surface area contributed by atoms with Crippen molar-refractivity contribution in [1.29, 1.82) is 0 Å². The lowest BCUT2D eigenvalue weighted by molar-refractivity contribution is -0.240. The first-order chi connectivity index (χ1) is 18.9. The number of amides is 1. The Bertz CT molecular complexity index is 1230. The maximum absolute atomic E-state index is 14.4. The number of carbonyl (C=O) groups excluding carboxylic acids is 1. The van der Waals surface area contributed by atoms with Gasteiger partial charge in [0.25, 0.3) is 0 Å². The minimum Gasteiger partial charge on any atom is -0.497 e. The number of para-hydroxylation sites is 1. The molecule has 0 aromatic heterocycles. The van der Waals surface area contributed by atoms with Crippen LogP contribution in [0.5, 0.6) is 23.0 Å². The number of hydrogen-bond donors (Lipinski definition) is 0. The maximum Gasteiger partial charge on any atom is 0.224 e. The van der Waals surface area contributed by atoms with Gasteiger partial charge in [0.05, 0.1) is 25.9 Å². The number of ether oxygens (including phenoxy) is 5. The van der Waals surface area contributed by atoms with E-state index in [2.05, 4.69) is 0 Å². The van der Waals surface area contributed by atoms with Crippen LogP contribution in [0.15, 0.2) is 66.7 Å². The SMILES string of the molecule is COc1ccc(OCCOC2(OC)CCCCC2)c(CN(C(C)=O)c2cc(F)ccc2Oc2ccccc2)c1. The van der Waals surface area contributed by atoms with Crippen molar-refractivity contribution in [2.45, 2.75) is 51.4 Å². The molecule has 3 aromatic rings. The molecule has 3 aromatic carbocycles. The Morgan fingerprint density at radius 2 is 1.64 bits per heavy atom. The van der Waals surface area contributed by atoms with Crippen molar-refractivity contribution in [3.05, 3.63) is 78.1 Å². The fourth-order valence-electron chi connectivity index (χ4n) is 4.76. The summed E-state index contributed by atoms with van der Waals surface area (Å²) in [5.74, 6) is 0.795. The second-order valence-corrected chi connectivity index (χ2v) is 9.48. The summed E-state index contributed by atoms with van der Waals surface area (Å²) in [5.41, 5.74) is 1.00. The molecule has 0 N–H and O–H groups in total. The Morgan fingerprint density at radius 1 is 0.897 bits per heavy atom. The molecule has 1 aliphatic rings. The number of rotatable bonds is 12. The summed E-state index contributed by atoms with van der Waals surface area (Å²) in [6.45, 7) is 2.20. The molecule has 39 heavy (non-hydrogen) atoms. The zero-order chi connectivity index (χ0) is 27.7. The number of anilines is 1. The second-order valence-electron chi connectivity index (χ2n) is 9.48. The third-order valence-corrected chi connectivity index (χ3v) is 6.85. The molecule has 0 spiro atoms. The highest BCUT2D eigenvalue weighted by Crippen LogP contribution is 2.36. The number of carbonyl (C=O) groups is 1. The Balaban J connectivity index is 1.54. The van der Waals surface area contributed by atoms with Gasteiger partial charge in [0.15, 0.2) is 11.5 Å². The van der Waals surface area contributed by atoms with Crippen LogP contribution >= 0.6 is 0 Å². The molecule has 0 saturated heterocycles. The van der Waals surface area contributed by atoms with Crippen molar-refractivity contribution in [3.63, 3.8) is 0 Å². The lowest BCUT2D eigenvalue weighted by atomic mass is 9.94. The van der Waals surface area contributed by atoms with Gasteiger partial charge in [0.2, 0.25) is 5.91 Å². The van der Waals surface area contributed by atoms with Gasteiger partial charge in [0, 0.05) is 38.5 Å². The first-order valence-electron chi connectivity index (χ1n) is 13.2. The predicted octanol–water partition coefficient (Wildman–Crippen LogP) is 6.88. The number of benzene rings is 3. The van der Waals surface area contributed by atoms with Gasteiger partial charge in [-0.25, -0.2) is 4.39 Å². The van der Waals surface area contributed by atoms with Crippen molar-refractivity contribution in [1.82, 2.24) is 0 Å². The molecule has 0 aliphatic heterocycles. The highest BCUT2D eigenvalue weighted by Gasteiger charge is 2.32. The molecule has 1 fully saturated rings. The van der Waals surface area contributed by atoms with E-state index in [1.165, 1.54) is 36.4 Å². The van der Waals surface area contributed by atoms with Crippen LogP contribution < -0.4 is 19.1 Å². The largest absolute Gasteiger partial charge is 0.497 e. The number of methoxy groups -OCH3 is 2. The minimum atomic E-state index is -0.553. The lowest BCUT2D eigenvalue weighted by Gasteiger charge is -2.35. The van der Waals surface area contributed by atoms with E-state index >= 15 is 0 Å². The molecule has 0 bridgehead atoms.